The third-order valence-corrected chi connectivity index (χ3v) is 10.9. The van der Waals surface area contributed by atoms with E-state index in [1.807, 2.05) is 18.2 Å². The molecular weight excluding hydrogens is 751 g/mol. The summed E-state index contributed by atoms with van der Waals surface area (Å²) in [6.45, 7) is 5.85. The van der Waals surface area contributed by atoms with E-state index in [1.54, 1.807) is 0 Å². The maximum Gasteiger partial charge on any atom is 0.469 e. The van der Waals surface area contributed by atoms with Gasteiger partial charge < -0.3 is 24.4 Å². The van der Waals surface area contributed by atoms with Gasteiger partial charge in [-0.05, 0) is 57.3 Å². The number of hydrogen-bond acceptors (Lipinski definition) is 7. The Labute approximate surface area is 355 Å². The first-order valence-corrected chi connectivity index (χ1v) is 24.9. The van der Waals surface area contributed by atoms with E-state index in [0.717, 1.165) is 57.3 Å². The smallest absolute Gasteiger partial charge is 0.462 e. The summed E-state index contributed by atoms with van der Waals surface area (Å²) in [5, 5.41) is 9.71. The van der Waals surface area contributed by atoms with Crippen molar-refractivity contribution in [3.63, 3.8) is 0 Å². The number of unbranched alkanes of at least 4 members (excludes halogenated alkanes) is 18. The lowest BCUT2D eigenvalue weighted by Crippen LogP contribution is -2.29. The third-order valence-electron chi connectivity index (χ3n) is 10.4. The number of carbonyl (C=O) groups excluding carboxylic acids is 2. The fraction of sp³-hybridized carbons (Fsp3) is 0.792. The molecule has 10 heteroatoms. The summed E-state index contributed by atoms with van der Waals surface area (Å²) in [7, 11) is -4.78. The number of phosphoric acid groups is 1. The van der Waals surface area contributed by atoms with E-state index in [9.17, 15) is 19.3 Å². The molecule has 0 bridgehead atoms. The standard InChI is InChI=1S/C48H87O9P/c1-4-37-45(49)39-34-30-26-22-18-14-12-16-19-23-27-31-35-40-47(50)55-42-46(43-56-58(52,53)54)57-48(51)41-36-32-28-24-20-15-11-9-7-6-8-10-13-17-21-25-29-33-38-44(3)5-2/h12,16,18,22-23,27,30,34,44-46,49H,4-11,13-15,17,19-21,24-26,28-29,31-33,35-43H2,1-3H3,(H2,52,53,54)/b16-12-,22-18-,27-23-,34-30-/t44?,45?,46-/m1/s1. The zero-order valence-electron chi connectivity index (χ0n) is 37.2. The largest absolute Gasteiger partial charge is 0.469 e. The number of rotatable bonds is 42. The lowest BCUT2D eigenvalue weighted by molar-refractivity contribution is -0.161. The van der Waals surface area contributed by atoms with Crippen LogP contribution in [0.25, 0.3) is 0 Å². The second-order valence-corrected chi connectivity index (χ2v) is 17.4. The Kier molecular flexibility index (Phi) is 40.2. The van der Waals surface area contributed by atoms with Gasteiger partial charge in [0, 0.05) is 12.8 Å². The minimum absolute atomic E-state index is 0.177. The summed E-state index contributed by atoms with van der Waals surface area (Å²) in [6, 6.07) is 0. The summed E-state index contributed by atoms with van der Waals surface area (Å²) in [6.07, 6.45) is 47.6. The topological polar surface area (TPSA) is 140 Å². The molecule has 0 spiro atoms. The first kappa shape index (κ1) is 56.0. The van der Waals surface area contributed by atoms with E-state index < -0.39 is 32.5 Å². The zero-order valence-corrected chi connectivity index (χ0v) is 38.1. The number of aliphatic hydroxyl groups is 1. The van der Waals surface area contributed by atoms with Gasteiger partial charge in [0.2, 0.25) is 0 Å². The average molecular weight is 839 g/mol. The molecule has 0 heterocycles. The molecule has 0 rings (SSSR count). The zero-order chi connectivity index (χ0) is 42.8. The van der Waals surface area contributed by atoms with E-state index in [4.69, 9.17) is 19.3 Å². The van der Waals surface area contributed by atoms with E-state index in [-0.39, 0.29) is 25.6 Å². The van der Waals surface area contributed by atoms with Crippen molar-refractivity contribution in [3.05, 3.63) is 48.6 Å². The van der Waals surface area contributed by atoms with Crippen molar-refractivity contribution < 1.29 is 43.0 Å². The first-order valence-electron chi connectivity index (χ1n) is 23.4. The molecule has 3 atom stereocenters. The van der Waals surface area contributed by atoms with Gasteiger partial charge in [-0.1, -0.05) is 198 Å². The van der Waals surface area contributed by atoms with Crippen LogP contribution in [0.3, 0.4) is 0 Å². The fourth-order valence-corrected chi connectivity index (χ4v) is 6.95. The molecule has 2 unspecified atom stereocenters. The van der Waals surface area contributed by atoms with Crippen LogP contribution in [0.1, 0.15) is 213 Å². The van der Waals surface area contributed by atoms with Gasteiger partial charge in [-0.3, -0.25) is 14.1 Å². The molecular formula is C48H87O9P. The van der Waals surface area contributed by atoms with Crippen molar-refractivity contribution in [1.29, 1.82) is 0 Å². The van der Waals surface area contributed by atoms with Gasteiger partial charge in [-0.25, -0.2) is 4.57 Å². The van der Waals surface area contributed by atoms with Crippen LogP contribution in [0.15, 0.2) is 48.6 Å². The third kappa shape index (κ3) is 43.5. The van der Waals surface area contributed by atoms with Gasteiger partial charge >= 0.3 is 19.8 Å². The van der Waals surface area contributed by atoms with E-state index >= 15 is 0 Å². The van der Waals surface area contributed by atoms with Crippen LogP contribution in [0.4, 0.5) is 0 Å². The van der Waals surface area contributed by atoms with E-state index in [1.165, 1.54) is 103 Å². The van der Waals surface area contributed by atoms with Crippen molar-refractivity contribution in [2.45, 2.75) is 226 Å². The van der Waals surface area contributed by atoms with Crippen LogP contribution in [-0.4, -0.2) is 52.3 Å². The molecule has 0 aromatic heterocycles. The van der Waals surface area contributed by atoms with Gasteiger partial charge in [0.25, 0.3) is 0 Å². The highest BCUT2D eigenvalue weighted by atomic mass is 31.2. The first-order chi connectivity index (χ1) is 28.1. The molecule has 0 saturated heterocycles. The molecule has 0 aliphatic carbocycles. The Balaban J connectivity index is 3.93. The van der Waals surface area contributed by atoms with E-state index in [0.29, 0.717) is 25.7 Å². The number of ether oxygens (including phenoxy) is 2. The summed E-state index contributed by atoms with van der Waals surface area (Å²) in [5.74, 6) is -0.0701. The normalized spacial score (nSPS) is 14.0. The molecule has 0 aliphatic heterocycles. The number of esters is 2. The van der Waals surface area contributed by atoms with E-state index in [2.05, 4.69) is 55.7 Å². The number of carbonyl (C=O) groups is 2. The quantitative estimate of drug-likeness (QED) is 0.0237. The predicted octanol–water partition coefficient (Wildman–Crippen LogP) is 13.5. The van der Waals surface area contributed by atoms with Gasteiger partial charge in [0.15, 0.2) is 6.10 Å². The van der Waals surface area contributed by atoms with Crippen molar-refractivity contribution in [3.8, 4) is 0 Å². The van der Waals surface area contributed by atoms with Crippen LogP contribution in [0.5, 0.6) is 0 Å². The molecule has 3 N–H and O–H groups in total. The molecule has 9 nitrogen and oxygen atoms in total. The number of allylic oxidation sites excluding steroid dienone is 7. The minimum atomic E-state index is -4.78. The second kappa shape index (κ2) is 41.7. The lowest BCUT2D eigenvalue weighted by atomic mass is 9.99. The highest BCUT2D eigenvalue weighted by Gasteiger charge is 2.23. The van der Waals surface area contributed by atoms with Crippen LogP contribution >= 0.6 is 7.82 Å². The summed E-state index contributed by atoms with van der Waals surface area (Å²) < 4.78 is 26.4. The Hall–Kier alpha value is -2.03. The fourth-order valence-electron chi connectivity index (χ4n) is 6.59. The highest BCUT2D eigenvalue weighted by Crippen LogP contribution is 2.36. The molecule has 0 aliphatic rings. The molecule has 0 saturated carbocycles. The maximum absolute atomic E-state index is 12.5. The average Bonchev–Trinajstić information content (AvgIpc) is 3.19. The number of phosphoric ester groups is 1. The SMILES string of the molecule is CCCC(O)C/C=C\C/C=C\C/C=C\C/C=C\CCCC(=O)OC[C@H](COP(=O)(O)O)OC(=O)CCCCCCCCCCCCCCCCCCCCC(C)CC. The van der Waals surface area contributed by atoms with Gasteiger partial charge in [-0.15, -0.1) is 0 Å². The lowest BCUT2D eigenvalue weighted by Gasteiger charge is -2.18. The minimum Gasteiger partial charge on any atom is -0.462 e. The Morgan fingerprint density at radius 3 is 1.50 bits per heavy atom. The molecule has 58 heavy (non-hydrogen) atoms. The molecule has 338 valence electrons. The van der Waals surface area contributed by atoms with Crippen molar-refractivity contribution in [2.75, 3.05) is 13.2 Å². The Morgan fingerprint density at radius 2 is 1.02 bits per heavy atom. The van der Waals surface area contributed by atoms with Crippen LogP contribution < -0.4 is 0 Å². The monoisotopic (exact) mass is 839 g/mol. The molecule has 0 amide bonds. The van der Waals surface area contributed by atoms with Crippen LogP contribution in [-0.2, 0) is 28.2 Å². The molecule has 0 aromatic rings. The van der Waals surface area contributed by atoms with Crippen molar-refractivity contribution in [2.24, 2.45) is 5.92 Å². The van der Waals surface area contributed by atoms with Crippen LogP contribution in [0, 0.1) is 5.92 Å². The number of aliphatic hydroxyl groups excluding tert-OH is 1. The van der Waals surface area contributed by atoms with Gasteiger partial charge in [0.1, 0.15) is 6.61 Å². The maximum atomic E-state index is 12.5. The van der Waals surface area contributed by atoms with Crippen molar-refractivity contribution in [1.82, 2.24) is 0 Å². The Morgan fingerprint density at radius 1 is 0.569 bits per heavy atom. The summed E-state index contributed by atoms with van der Waals surface area (Å²) >= 11 is 0. The predicted molar refractivity (Wildman–Crippen MR) is 240 cm³/mol. The molecule has 0 fully saturated rings. The van der Waals surface area contributed by atoms with Gasteiger partial charge in [-0.2, -0.15) is 0 Å². The van der Waals surface area contributed by atoms with Gasteiger partial charge in [0.05, 0.1) is 12.7 Å². The summed E-state index contributed by atoms with van der Waals surface area (Å²) in [4.78, 5) is 42.9. The molecule has 0 radical (unpaired) electrons. The highest BCUT2D eigenvalue weighted by molar-refractivity contribution is 7.46. The Bertz CT molecular complexity index is 1110. The van der Waals surface area contributed by atoms with Crippen LogP contribution in [0.2, 0.25) is 0 Å². The number of hydrogen-bond donors (Lipinski definition) is 3. The molecule has 0 aromatic carbocycles. The summed E-state index contributed by atoms with van der Waals surface area (Å²) in [5.41, 5.74) is 0. The second-order valence-electron chi connectivity index (χ2n) is 16.2. The van der Waals surface area contributed by atoms with Crippen molar-refractivity contribution >= 4 is 19.8 Å².